The van der Waals surface area contributed by atoms with Crippen LogP contribution in [0.3, 0.4) is 0 Å². The van der Waals surface area contributed by atoms with Gasteiger partial charge in [0.05, 0.1) is 6.04 Å². The summed E-state index contributed by atoms with van der Waals surface area (Å²) >= 11 is 0. The zero-order valence-corrected chi connectivity index (χ0v) is 13.0. The molecule has 2 unspecified atom stereocenters. The average molecular weight is 280 g/mol. The molecule has 0 radical (unpaired) electrons. The van der Waals surface area contributed by atoms with Crippen LogP contribution in [0.4, 0.5) is 4.39 Å². The molecule has 1 rings (SSSR count). The maximum atomic E-state index is 12.9. The van der Waals surface area contributed by atoms with Crippen molar-refractivity contribution in [2.24, 2.45) is 5.92 Å². The van der Waals surface area contributed by atoms with Gasteiger partial charge >= 0.3 is 0 Å². The number of carbonyl (C=O) groups excluding carboxylic acids is 1. The van der Waals surface area contributed by atoms with Crippen molar-refractivity contribution in [3.05, 3.63) is 35.6 Å². The topological polar surface area (TPSA) is 32.3 Å². The third-order valence-corrected chi connectivity index (χ3v) is 3.27. The van der Waals surface area contributed by atoms with Crippen LogP contribution in [0.5, 0.6) is 0 Å². The first-order valence-corrected chi connectivity index (χ1v) is 7.04. The molecule has 2 atom stereocenters. The van der Waals surface area contributed by atoms with Crippen molar-refractivity contribution >= 4 is 5.91 Å². The lowest BCUT2D eigenvalue weighted by molar-refractivity contribution is -0.131. The second-order valence-electron chi connectivity index (χ2n) is 5.85. The van der Waals surface area contributed by atoms with E-state index in [2.05, 4.69) is 19.2 Å². The summed E-state index contributed by atoms with van der Waals surface area (Å²) in [5.74, 6) is 0.258. The molecule has 0 bridgehead atoms. The van der Waals surface area contributed by atoms with E-state index in [1.165, 1.54) is 12.1 Å². The zero-order valence-electron chi connectivity index (χ0n) is 13.0. The van der Waals surface area contributed by atoms with Gasteiger partial charge in [-0.3, -0.25) is 10.1 Å². The van der Waals surface area contributed by atoms with E-state index >= 15 is 0 Å². The second kappa shape index (κ2) is 7.39. The van der Waals surface area contributed by atoms with Gasteiger partial charge in [0.1, 0.15) is 5.82 Å². The van der Waals surface area contributed by atoms with Crippen LogP contribution in [-0.4, -0.2) is 30.9 Å². The van der Waals surface area contributed by atoms with Gasteiger partial charge < -0.3 is 4.90 Å². The van der Waals surface area contributed by atoms with Gasteiger partial charge in [-0.2, -0.15) is 0 Å². The lowest BCUT2D eigenvalue weighted by Crippen LogP contribution is -2.45. The van der Waals surface area contributed by atoms with Crippen LogP contribution in [0, 0.1) is 11.7 Å². The normalized spacial score (nSPS) is 14.2. The lowest BCUT2D eigenvalue weighted by atomic mass is 10.0. The van der Waals surface area contributed by atoms with E-state index in [0.29, 0.717) is 5.92 Å². The largest absolute Gasteiger partial charge is 0.347 e. The molecule has 3 nitrogen and oxygen atoms in total. The minimum absolute atomic E-state index is 0.00301. The highest BCUT2D eigenvalue weighted by molar-refractivity contribution is 5.81. The van der Waals surface area contributed by atoms with Crippen molar-refractivity contribution < 1.29 is 9.18 Å². The van der Waals surface area contributed by atoms with Gasteiger partial charge in [0.15, 0.2) is 0 Å². The van der Waals surface area contributed by atoms with E-state index in [4.69, 9.17) is 0 Å². The summed E-state index contributed by atoms with van der Waals surface area (Å²) in [5, 5.41) is 3.35. The van der Waals surface area contributed by atoms with Crippen molar-refractivity contribution in [2.45, 2.75) is 39.3 Å². The van der Waals surface area contributed by atoms with Gasteiger partial charge in [-0.1, -0.05) is 26.0 Å². The van der Waals surface area contributed by atoms with E-state index in [9.17, 15) is 9.18 Å². The van der Waals surface area contributed by atoms with Crippen molar-refractivity contribution in [2.75, 3.05) is 14.1 Å². The Morgan fingerprint density at radius 3 is 2.20 bits per heavy atom. The molecular weight excluding hydrogens is 255 g/mol. The Morgan fingerprint density at radius 1 is 1.20 bits per heavy atom. The third-order valence-electron chi connectivity index (χ3n) is 3.27. The van der Waals surface area contributed by atoms with E-state index in [1.807, 2.05) is 6.92 Å². The fraction of sp³-hybridized carbons (Fsp3) is 0.562. The Kier molecular flexibility index (Phi) is 6.14. The van der Waals surface area contributed by atoms with E-state index in [1.54, 1.807) is 31.1 Å². The minimum Gasteiger partial charge on any atom is -0.347 e. The average Bonchev–Trinajstić information content (AvgIpc) is 2.37. The fourth-order valence-electron chi connectivity index (χ4n) is 2.17. The molecule has 0 spiro atoms. The highest BCUT2D eigenvalue weighted by Gasteiger charge is 2.23. The van der Waals surface area contributed by atoms with Gasteiger partial charge in [0, 0.05) is 20.1 Å². The molecule has 1 aromatic carbocycles. The SMILES string of the molecule is CC(C)CC(NC(C)c1ccc(F)cc1)C(=O)N(C)C. The molecule has 0 aromatic heterocycles. The minimum atomic E-state index is -0.246. The van der Waals surface area contributed by atoms with Crippen molar-refractivity contribution in [1.29, 1.82) is 0 Å². The number of likely N-dealkylation sites (N-methyl/N-ethyl adjacent to an activating group) is 1. The Morgan fingerprint density at radius 2 is 1.75 bits per heavy atom. The van der Waals surface area contributed by atoms with Gasteiger partial charge in [0.2, 0.25) is 5.91 Å². The first-order valence-electron chi connectivity index (χ1n) is 7.04. The summed E-state index contributed by atoms with van der Waals surface area (Å²) in [4.78, 5) is 13.8. The molecule has 0 aliphatic rings. The van der Waals surface area contributed by atoms with Crippen LogP contribution >= 0.6 is 0 Å². The standard InChI is InChI=1S/C16H25FN2O/c1-11(2)10-15(16(20)19(4)5)18-12(3)13-6-8-14(17)9-7-13/h6-9,11-12,15,18H,10H2,1-5H3. The number of rotatable bonds is 6. The number of nitrogens with zero attached hydrogens (tertiary/aromatic N) is 1. The highest BCUT2D eigenvalue weighted by atomic mass is 19.1. The Labute approximate surface area is 121 Å². The molecule has 112 valence electrons. The molecule has 1 N–H and O–H groups in total. The maximum Gasteiger partial charge on any atom is 0.239 e. The fourth-order valence-corrected chi connectivity index (χ4v) is 2.17. The van der Waals surface area contributed by atoms with Crippen LogP contribution in [0.1, 0.15) is 38.8 Å². The van der Waals surface area contributed by atoms with Crippen LogP contribution < -0.4 is 5.32 Å². The number of nitrogens with one attached hydrogen (secondary N) is 1. The summed E-state index contributed by atoms with van der Waals surface area (Å²) in [5.41, 5.74) is 0.978. The van der Waals surface area contributed by atoms with Crippen LogP contribution in [0.25, 0.3) is 0 Å². The number of hydrogen-bond acceptors (Lipinski definition) is 2. The summed E-state index contributed by atoms with van der Waals surface area (Å²) in [7, 11) is 3.53. The summed E-state index contributed by atoms with van der Waals surface area (Å²) < 4.78 is 12.9. The van der Waals surface area contributed by atoms with Gasteiger partial charge in [-0.25, -0.2) is 4.39 Å². The molecule has 4 heteroatoms. The predicted molar refractivity (Wildman–Crippen MR) is 79.9 cm³/mol. The van der Waals surface area contributed by atoms with Crippen molar-refractivity contribution in [3.63, 3.8) is 0 Å². The Balaban J connectivity index is 2.78. The predicted octanol–water partition coefficient (Wildman–Crippen LogP) is 2.98. The highest BCUT2D eigenvalue weighted by Crippen LogP contribution is 2.16. The molecule has 0 aliphatic carbocycles. The smallest absolute Gasteiger partial charge is 0.239 e. The van der Waals surface area contributed by atoms with Crippen molar-refractivity contribution in [1.82, 2.24) is 10.2 Å². The van der Waals surface area contributed by atoms with Gasteiger partial charge in [-0.15, -0.1) is 0 Å². The molecule has 0 fully saturated rings. The van der Waals surface area contributed by atoms with Crippen LogP contribution in [-0.2, 0) is 4.79 Å². The van der Waals surface area contributed by atoms with Gasteiger partial charge in [0.25, 0.3) is 0 Å². The Hall–Kier alpha value is -1.42. The molecule has 1 amide bonds. The van der Waals surface area contributed by atoms with E-state index in [0.717, 1.165) is 12.0 Å². The van der Waals surface area contributed by atoms with E-state index < -0.39 is 0 Å². The number of amides is 1. The Bertz CT molecular complexity index is 429. The molecule has 20 heavy (non-hydrogen) atoms. The summed E-state index contributed by atoms with van der Waals surface area (Å²) in [6, 6.07) is 6.17. The molecule has 0 aliphatic heterocycles. The molecule has 0 saturated heterocycles. The molecule has 0 saturated carbocycles. The first-order chi connectivity index (χ1) is 9.31. The van der Waals surface area contributed by atoms with Crippen LogP contribution in [0.2, 0.25) is 0 Å². The molecular formula is C16H25FN2O. The number of hydrogen-bond donors (Lipinski definition) is 1. The maximum absolute atomic E-state index is 12.9. The lowest BCUT2D eigenvalue weighted by Gasteiger charge is -2.26. The molecule has 0 heterocycles. The number of carbonyl (C=O) groups is 1. The number of halogens is 1. The van der Waals surface area contributed by atoms with E-state index in [-0.39, 0.29) is 23.8 Å². The first kappa shape index (κ1) is 16.6. The third kappa shape index (κ3) is 4.93. The van der Waals surface area contributed by atoms with Crippen molar-refractivity contribution in [3.8, 4) is 0 Å². The second-order valence-corrected chi connectivity index (χ2v) is 5.85. The van der Waals surface area contributed by atoms with Gasteiger partial charge in [-0.05, 0) is 37.0 Å². The number of benzene rings is 1. The monoisotopic (exact) mass is 280 g/mol. The zero-order chi connectivity index (χ0) is 15.3. The molecule has 1 aromatic rings. The van der Waals surface area contributed by atoms with Crippen LogP contribution in [0.15, 0.2) is 24.3 Å². The quantitative estimate of drug-likeness (QED) is 0.869. The summed E-state index contributed by atoms with van der Waals surface area (Å²) in [6.45, 7) is 6.18. The summed E-state index contributed by atoms with van der Waals surface area (Å²) in [6.07, 6.45) is 0.780.